The van der Waals surface area contributed by atoms with Crippen molar-refractivity contribution in [3.63, 3.8) is 0 Å². The molecule has 0 unspecified atom stereocenters. The SMILES string of the molecule is CC(=O)O[C@H]1[C@H](OCc2ccccc2)[C@@H](N2C(=O)c3ccccc3C2=O)[C@H](Sc2ccccc2)O[C@@H]1COCc1ccccc1. The molecule has 2 aliphatic rings. The van der Waals surface area contributed by atoms with E-state index in [1.54, 1.807) is 24.3 Å². The van der Waals surface area contributed by atoms with E-state index in [-0.39, 0.29) is 13.2 Å². The highest BCUT2D eigenvalue weighted by Gasteiger charge is 2.55. The van der Waals surface area contributed by atoms with Crippen LogP contribution in [0, 0.1) is 0 Å². The van der Waals surface area contributed by atoms with Crippen molar-refractivity contribution in [3.05, 3.63) is 138 Å². The number of benzene rings is 4. The molecule has 2 heterocycles. The molecule has 1 saturated heterocycles. The van der Waals surface area contributed by atoms with Gasteiger partial charge in [-0.3, -0.25) is 19.3 Å². The summed E-state index contributed by atoms with van der Waals surface area (Å²) >= 11 is 1.38. The summed E-state index contributed by atoms with van der Waals surface area (Å²) < 4.78 is 25.3. The summed E-state index contributed by atoms with van der Waals surface area (Å²) in [6, 6.07) is 34.7. The molecule has 45 heavy (non-hydrogen) atoms. The average Bonchev–Trinajstić information content (AvgIpc) is 3.31. The quantitative estimate of drug-likeness (QED) is 0.151. The molecular weight excluding hydrogens is 590 g/mol. The number of hydrogen-bond acceptors (Lipinski definition) is 8. The third-order valence-corrected chi connectivity index (χ3v) is 8.88. The predicted molar refractivity (Wildman–Crippen MR) is 168 cm³/mol. The molecule has 1 fully saturated rings. The number of fused-ring (bicyclic) bond motifs is 1. The van der Waals surface area contributed by atoms with Gasteiger partial charge < -0.3 is 18.9 Å². The first-order valence-electron chi connectivity index (χ1n) is 14.8. The van der Waals surface area contributed by atoms with E-state index in [0.717, 1.165) is 16.0 Å². The van der Waals surface area contributed by atoms with E-state index >= 15 is 0 Å². The minimum absolute atomic E-state index is 0.0821. The fraction of sp³-hybridized carbons (Fsp3) is 0.250. The number of imide groups is 1. The van der Waals surface area contributed by atoms with Crippen molar-refractivity contribution in [2.75, 3.05) is 6.61 Å². The van der Waals surface area contributed by atoms with E-state index in [1.165, 1.54) is 23.6 Å². The predicted octanol–water partition coefficient (Wildman–Crippen LogP) is 5.90. The molecular formula is C36H33NO7S. The molecule has 0 bridgehead atoms. The number of ether oxygens (including phenoxy) is 4. The average molecular weight is 624 g/mol. The fourth-order valence-corrected chi connectivity index (χ4v) is 6.86. The molecule has 5 atom stereocenters. The molecule has 4 aromatic carbocycles. The highest BCUT2D eigenvalue weighted by Crippen LogP contribution is 2.41. The lowest BCUT2D eigenvalue weighted by Crippen LogP contribution is -2.66. The Labute approximate surface area is 266 Å². The molecule has 230 valence electrons. The van der Waals surface area contributed by atoms with Gasteiger partial charge >= 0.3 is 5.97 Å². The minimum atomic E-state index is -0.982. The van der Waals surface area contributed by atoms with Gasteiger partial charge in [0.05, 0.1) is 30.9 Å². The van der Waals surface area contributed by atoms with Crippen LogP contribution in [0.15, 0.2) is 120 Å². The van der Waals surface area contributed by atoms with E-state index in [1.807, 2.05) is 91.0 Å². The maximum absolute atomic E-state index is 13.9. The zero-order valence-corrected chi connectivity index (χ0v) is 25.5. The van der Waals surface area contributed by atoms with Gasteiger partial charge in [0, 0.05) is 11.8 Å². The lowest BCUT2D eigenvalue weighted by atomic mass is 9.95. The number of amides is 2. The third-order valence-electron chi connectivity index (χ3n) is 7.71. The molecule has 2 aliphatic heterocycles. The van der Waals surface area contributed by atoms with Crippen molar-refractivity contribution in [1.29, 1.82) is 0 Å². The van der Waals surface area contributed by atoms with Gasteiger partial charge in [0.15, 0.2) is 6.10 Å². The summed E-state index contributed by atoms with van der Waals surface area (Å²) in [7, 11) is 0. The van der Waals surface area contributed by atoms with Crippen molar-refractivity contribution < 1.29 is 33.3 Å². The molecule has 0 N–H and O–H groups in total. The van der Waals surface area contributed by atoms with Gasteiger partial charge in [-0.15, -0.1) is 0 Å². The Morgan fingerprint density at radius 1 is 0.733 bits per heavy atom. The van der Waals surface area contributed by atoms with Crippen molar-refractivity contribution in [1.82, 2.24) is 4.90 Å². The summed E-state index contributed by atoms with van der Waals surface area (Å²) in [6.07, 6.45) is -2.67. The van der Waals surface area contributed by atoms with Crippen molar-refractivity contribution in [3.8, 4) is 0 Å². The van der Waals surface area contributed by atoms with Crippen LogP contribution in [-0.4, -0.2) is 59.1 Å². The maximum atomic E-state index is 13.9. The molecule has 0 spiro atoms. The smallest absolute Gasteiger partial charge is 0.303 e. The minimum Gasteiger partial charge on any atom is -0.457 e. The van der Waals surface area contributed by atoms with E-state index < -0.39 is 47.6 Å². The first-order chi connectivity index (χ1) is 22.0. The van der Waals surface area contributed by atoms with Gasteiger partial charge in [0.2, 0.25) is 0 Å². The highest BCUT2D eigenvalue weighted by molar-refractivity contribution is 7.99. The monoisotopic (exact) mass is 623 g/mol. The van der Waals surface area contributed by atoms with Crippen molar-refractivity contribution in [2.24, 2.45) is 0 Å². The largest absolute Gasteiger partial charge is 0.457 e. The van der Waals surface area contributed by atoms with Crippen molar-refractivity contribution in [2.45, 2.75) is 54.8 Å². The first-order valence-corrected chi connectivity index (χ1v) is 15.7. The van der Waals surface area contributed by atoms with E-state index in [9.17, 15) is 14.4 Å². The number of carbonyl (C=O) groups excluding carboxylic acids is 3. The summed E-state index contributed by atoms with van der Waals surface area (Å²) in [5.74, 6) is -1.44. The number of nitrogens with zero attached hydrogens (tertiary/aromatic N) is 1. The third kappa shape index (κ3) is 7.02. The Kier molecular flexibility index (Phi) is 9.71. The first kappa shape index (κ1) is 30.7. The van der Waals surface area contributed by atoms with Crippen LogP contribution in [0.5, 0.6) is 0 Å². The van der Waals surface area contributed by atoms with Crippen LogP contribution in [0.1, 0.15) is 38.8 Å². The lowest BCUT2D eigenvalue weighted by Gasteiger charge is -2.48. The molecule has 0 aliphatic carbocycles. The van der Waals surface area contributed by atoms with E-state index in [4.69, 9.17) is 18.9 Å². The zero-order chi connectivity index (χ0) is 31.2. The zero-order valence-electron chi connectivity index (χ0n) is 24.7. The van der Waals surface area contributed by atoms with E-state index in [2.05, 4.69) is 0 Å². The lowest BCUT2D eigenvalue weighted by molar-refractivity contribution is -0.219. The summed E-state index contributed by atoms with van der Waals surface area (Å²) in [4.78, 5) is 42.5. The van der Waals surface area contributed by atoms with Crippen LogP contribution in [0.4, 0.5) is 0 Å². The molecule has 2 amide bonds. The Morgan fingerprint density at radius 3 is 1.84 bits per heavy atom. The normalized spacial score (nSPS) is 22.7. The number of hydrogen-bond donors (Lipinski definition) is 0. The number of esters is 1. The van der Waals surface area contributed by atoms with Crippen LogP contribution in [0.3, 0.4) is 0 Å². The van der Waals surface area contributed by atoms with Crippen LogP contribution in [-0.2, 0) is 37.0 Å². The Morgan fingerprint density at radius 2 is 1.27 bits per heavy atom. The molecule has 0 aromatic heterocycles. The molecule has 4 aromatic rings. The highest BCUT2D eigenvalue weighted by atomic mass is 32.2. The van der Waals surface area contributed by atoms with Gasteiger partial charge in [-0.2, -0.15) is 0 Å². The Bertz CT molecular complexity index is 1580. The van der Waals surface area contributed by atoms with Gasteiger partial charge in [0.1, 0.15) is 23.7 Å². The number of carbonyl (C=O) groups is 3. The van der Waals surface area contributed by atoms with Gasteiger partial charge in [0.25, 0.3) is 11.8 Å². The van der Waals surface area contributed by atoms with Crippen LogP contribution in [0.2, 0.25) is 0 Å². The van der Waals surface area contributed by atoms with Crippen molar-refractivity contribution >= 4 is 29.5 Å². The van der Waals surface area contributed by atoms with Crippen LogP contribution >= 0.6 is 11.8 Å². The molecule has 6 rings (SSSR count). The molecule has 8 nitrogen and oxygen atoms in total. The molecule has 0 radical (unpaired) electrons. The standard InChI is InChI=1S/C36H33NO7S/c1-24(38)43-32-30(23-41-21-25-13-5-2-6-14-25)44-36(45-27-17-9-4-10-18-27)31(33(32)42-22-26-15-7-3-8-16-26)37-34(39)28-19-11-12-20-29(28)35(37)40/h2-20,30-33,36H,21-23H2,1H3/t30-,31-,32-,33-,36+/m1/s1. The topological polar surface area (TPSA) is 91.4 Å². The van der Waals surface area contributed by atoms with E-state index in [0.29, 0.717) is 17.7 Å². The Balaban J connectivity index is 1.39. The van der Waals surface area contributed by atoms with Crippen LogP contribution in [0.25, 0.3) is 0 Å². The summed E-state index contributed by atoms with van der Waals surface area (Å²) in [5, 5.41) is 0. The maximum Gasteiger partial charge on any atom is 0.303 e. The Hall–Kier alpha value is -4.28. The second-order valence-corrected chi connectivity index (χ2v) is 12.0. The second kappa shape index (κ2) is 14.2. The van der Waals surface area contributed by atoms with Crippen LogP contribution < -0.4 is 0 Å². The number of thioether (sulfide) groups is 1. The molecule has 9 heteroatoms. The molecule has 0 saturated carbocycles. The summed E-state index contributed by atoms with van der Waals surface area (Å²) in [6.45, 7) is 1.88. The van der Waals surface area contributed by atoms with Gasteiger partial charge in [-0.25, -0.2) is 0 Å². The second-order valence-electron chi connectivity index (χ2n) is 10.8. The summed E-state index contributed by atoms with van der Waals surface area (Å²) in [5.41, 5.74) is 1.71. The number of rotatable bonds is 11. The van der Waals surface area contributed by atoms with Gasteiger partial charge in [-0.1, -0.05) is 103 Å². The fourth-order valence-electron chi connectivity index (χ4n) is 5.66. The van der Waals surface area contributed by atoms with Gasteiger partial charge in [-0.05, 0) is 35.4 Å².